The monoisotopic (exact) mass is 582 g/mol. The number of tetrazole rings is 1. The van der Waals surface area contributed by atoms with Crippen molar-refractivity contribution in [1.29, 1.82) is 0 Å². The maximum Gasteiger partial charge on any atom is 1.00 e. The second-order valence-corrected chi connectivity index (χ2v) is 9.52. The SMILES string of the molecule is O=C([O-])CC(Sc1nn[nH]n1)C1=C(C(=O)[O-])N2C(=O)C(NC(=O)C(O)c3ccccc3)[C@@H]2SC1.[K+].[K+]. The van der Waals surface area contributed by atoms with Crippen LogP contribution in [0.4, 0.5) is 0 Å². The molecule has 0 spiro atoms. The van der Waals surface area contributed by atoms with E-state index < -0.39 is 58.6 Å². The summed E-state index contributed by atoms with van der Waals surface area (Å²) < 4.78 is 0. The number of rotatable bonds is 9. The van der Waals surface area contributed by atoms with Crippen molar-refractivity contribution in [2.24, 2.45) is 0 Å². The van der Waals surface area contributed by atoms with Crippen molar-refractivity contribution in [2.75, 3.05) is 5.75 Å². The molecule has 178 valence electrons. The zero-order chi connectivity index (χ0) is 24.4. The minimum Gasteiger partial charge on any atom is -0.550 e. The number of aliphatic carboxylic acids is 2. The van der Waals surface area contributed by atoms with Crippen molar-refractivity contribution >= 4 is 47.3 Å². The number of fused-ring (bicyclic) bond motifs is 1. The average Bonchev–Trinajstić information content (AvgIpc) is 3.33. The molecule has 0 bridgehead atoms. The Labute approximate surface area is 297 Å². The molecular weight excluding hydrogens is 567 g/mol. The zero-order valence-electron chi connectivity index (χ0n) is 19.1. The zero-order valence-corrected chi connectivity index (χ0v) is 27.0. The fraction of sp³-hybridized carbons (Fsp3) is 0.316. The summed E-state index contributed by atoms with van der Waals surface area (Å²) >= 11 is 1.99. The fourth-order valence-electron chi connectivity index (χ4n) is 3.61. The second-order valence-electron chi connectivity index (χ2n) is 7.25. The van der Waals surface area contributed by atoms with Gasteiger partial charge in [0.05, 0.1) is 11.7 Å². The molecule has 0 radical (unpaired) electrons. The Morgan fingerprint density at radius 3 is 2.53 bits per heavy atom. The van der Waals surface area contributed by atoms with Gasteiger partial charge in [-0.15, -0.1) is 22.0 Å². The minimum atomic E-state index is -1.67. The average molecular weight is 583 g/mol. The summed E-state index contributed by atoms with van der Waals surface area (Å²) in [5.74, 6) is -4.60. The molecule has 3 heterocycles. The van der Waals surface area contributed by atoms with E-state index in [0.29, 0.717) is 5.56 Å². The standard InChI is InChI=1S/C19H18N6O7S2.2K/c26-11(27)6-10(34-19-21-23-24-22-19)9-7-33-17-12(16(30)25(17)13(9)18(31)32)20-15(29)14(28)8-4-2-1-3-5-8;;/h1-5,10,12,14,17,28H,6-7H2,(H,20,29)(H,26,27)(H,31,32)(H,21,22,23,24);;/q;2*+1/p-2/t10?,12?,14?,17-;;/m0../s1. The largest absolute Gasteiger partial charge is 1.00 e. The Morgan fingerprint density at radius 2 is 1.94 bits per heavy atom. The van der Waals surface area contributed by atoms with Gasteiger partial charge in [0.2, 0.25) is 5.16 Å². The summed E-state index contributed by atoms with van der Waals surface area (Å²) in [6.07, 6.45) is -2.08. The van der Waals surface area contributed by atoms with Crippen LogP contribution in [0.5, 0.6) is 0 Å². The summed E-state index contributed by atoms with van der Waals surface area (Å²) in [6.45, 7) is 0. The van der Waals surface area contributed by atoms with E-state index in [-0.39, 0.29) is 119 Å². The van der Waals surface area contributed by atoms with Gasteiger partial charge in [-0.05, 0) is 16.3 Å². The number of aliphatic hydroxyl groups excluding tert-OH is 1. The van der Waals surface area contributed by atoms with Crippen LogP contribution in [0, 0.1) is 0 Å². The molecule has 3 N–H and O–H groups in total. The molecule has 36 heavy (non-hydrogen) atoms. The molecule has 0 aliphatic carbocycles. The van der Waals surface area contributed by atoms with Gasteiger partial charge in [-0.2, -0.15) is 5.21 Å². The Bertz CT molecular complexity index is 1150. The quantitative estimate of drug-likeness (QED) is 0.143. The molecule has 4 atom stereocenters. The number of carboxylic acid groups (broad SMARTS) is 2. The summed E-state index contributed by atoms with van der Waals surface area (Å²) in [4.78, 5) is 49.6. The van der Waals surface area contributed by atoms with Crippen LogP contribution in [0.3, 0.4) is 0 Å². The van der Waals surface area contributed by atoms with Crippen LogP contribution in [-0.4, -0.2) is 76.8 Å². The third-order valence-electron chi connectivity index (χ3n) is 5.17. The molecule has 1 fully saturated rings. The first-order valence-electron chi connectivity index (χ1n) is 9.80. The number of thioether (sulfide) groups is 2. The smallest absolute Gasteiger partial charge is 0.550 e. The van der Waals surface area contributed by atoms with E-state index in [1.807, 2.05) is 0 Å². The predicted octanol–water partition coefficient (Wildman–Crippen LogP) is -9.05. The van der Waals surface area contributed by atoms with E-state index in [4.69, 9.17) is 0 Å². The molecule has 1 aromatic heterocycles. The van der Waals surface area contributed by atoms with Gasteiger partial charge in [-0.1, -0.05) is 42.1 Å². The van der Waals surface area contributed by atoms with E-state index in [2.05, 4.69) is 25.9 Å². The van der Waals surface area contributed by atoms with E-state index in [9.17, 15) is 34.5 Å². The number of aliphatic hydroxyl groups is 1. The number of hydrogen-bond acceptors (Lipinski definition) is 12. The Hall–Kier alpha value is -0.157. The molecule has 13 nitrogen and oxygen atoms in total. The normalized spacial score (nSPS) is 20.1. The van der Waals surface area contributed by atoms with Crippen molar-refractivity contribution in [3.05, 3.63) is 47.2 Å². The number of amides is 2. The van der Waals surface area contributed by atoms with Crippen molar-refractivity contribution in [1.82, 2.24) is 30.8 Å². The Morgan fingerprint density at radius 1 is 1.25 bits per heavy atom. The van der Waals surface area contributed by atoms with Crippen LogP contribution in [0.15, 0.2) is 46.8 Å². The van der Waals surface area contributed by atoms with Crippen molar-refractivity contribution in [3.8, 4) is 0 Å². The predicted molar refractivity (Wildman–Crippen MR) is 112 cm³/mol. The first-order chi connectivity index (χ1) is 16.3. The number of hydrogen-bond donors (Lipinski definition) is 3. The molecule has 2 aliphatic rings. The van der Waals surface area contributed by atoms with Gasteiger partial charge in [-0.3, -0.25) is 14.5 Å². The van der Waals surface area contributed by atoms with Gasteiger partial charge in [0.1, 0.15) is 11.4 Å². The van der Waals surface area contributed by atoms with Crippen molar-refractivity contribution in [2.45, 2.75) is 34.3 Å². The number of β-lactam (4-membered cyclic amide) rings is 1. The van der Waals surface area contributed by atoms with Crippen LogP contribution in [0.2, 0.25) is 0 Å². The van der Waals surface area contributed by atoms with Gasteiger partial charge in [0.15, 0.2) is 6.10 Å². The van der Waals surface area contributed by atoms with Crippen LogP contribution in [-0.2, 0) is 19.2 Å². The van der Waals surface area contributed by atoms with Gasteiger partial charge in [0, 0.05) is 23.4 Å². The van der Waals surface area contributed by atoms with E-state index in [1.165, 1.54) is 0 Å². The first kappa shape index (κ1) is 32.1. The number of carboxylic acids is 2. The van der Waals surface area contributed by atoms with Crippen molar-refractivity contribution < 1.29 is 137 Å². The molecule has 1 saturated heterocycles. The maximum absolute atomic E-state index is 12.8. The topological polar surface area (TPSA) is 204 Å². The second kappa shape index (κ2) is 14.3. The van der Waals surface area contributed by atoms with Crippen LogP contribution < -0.4 is 118 Å². The van der Waals surface area contributed by atoms with Gasteiger partial charge < -0.3 is 30.2 Å². The molecule has 0 saturated carbocycles. The van der Waals surface area contributed by atoms with Crippen LogP contribution in [0.1, 0.15) is 18.1 Å². The Balaban J connectivity index is 0.00000228. The van der Waals surface area contributed by atoms with E-state index in [1.54, 1.807) is 30.3 Å². The summed E-state index contributed by atoms with van der Waals surface area (Å²) in [5, 5.41) is 47.4. The molecule has 2 aromatic rings. The number of carbonyl (C=O) groups excluding carboxylic acids is 4. The van der Waals surface area contributed by atoms with Crippen LogP contribution in [0.25, 0.3) is 0 Å². The fourth-order valence-corrected chi connectivity index (χ4v) is 6.14. The first-order valence-corrected chi connectivity index (χ1v) is 11.7. The van der Waals surface area contributed by atoms with E-state index in [0.717, 1.165) is 28.4 Å². The van der Waals surface area contributed by atoms with E-state index >= 15 is 0 Å². The molecule has 3 unspecified atom stereocenters. The maximum atomic E-state index is 12.8. The van der Waals surface area contributed by atoms with Gasteiger partial charge >= 0.3 is 103 Å². The molecule has 2 amide bonds. The number of aromatic nitrogens is 4. The molecule has 17 heteroatoms. The van der Waals surface area contributed by atoms with Gasteiger partial charge in [0.25, 0.3) is 11.8 Å². The molecular formula is C19H16K2N6O7S2. The van der Waals surface area contributed by atoms with Crippen LogP contribution >= 0.6 is 23.5 Å². The molecule has 4 rings (SSSR count). The number of H-pyrrole nitrogens is 1. The number of aromatic amines is 1. The van der Waals surface area contributed by atoms with Gasteiger partial charge in [-0.25, -0.2) is 0 Å². The number of benzene rings is 1. The third-order valence-corrected chi connectivity index (χ3v) is 7.59. The van der Waals surface area contributed by atoms with Crippen molar-refractivity contribution in [3.63, 3.8) is 0 Å². The summed E-state index contributed by atoms with van der Waals surface area (Å²) in [7, 11) is 0. The third kappa shape index (κ3) is 7.07. The minimum absolute atomic E-state index is 0. The number of nitrogens with zero attached hydrogens (tertiary/aromatic N) is 4. The summed E-state index contributed by atoms with van der Waals surface area (Å²) in [6, 6.07) is 7.04. The molecule has 2 aliphatic heterocycles. The Kier molecular flexibility index (Phi) is 12.7. The number of carbonyl (C=O) groups is 4. The number of nitrogens with one attached hydrogen (secondary N) is 2. The summed E-state index contributed by atoms with van der Waals surface area (Å²) in [5.41, 5.74) is -0.00561. The molecule has 1 aromatic carbocycles.